The van der Waals surface area contributed by atoms with E-state index in [1.807, 2.05) is 0 Å². The van der Waals surface area contributed by atoms with Crippen LogP contribution in [0.3, 0.4) is 0 Å². The van der Waals surface area contributed by atoms with Gasteiger partial charge in [-0.1, -0.05) is 71.9 Å². The summed E-state index contributed by atoms with van der Waals surface area (Å²) in [5.41, 5.74) is 0.185. The van der Waals surface area contributed by atoms with Crippen molar-refractivity contribution < 1.29 is 41.0 Å². The van der Waals surface area contributed by atoms with Gasteiger partial charge in [0.25, 0.3) is 0 Å². The normalized spacial score (nSPS) is 11.9. The van der Waals surface area contributed by atoms with E-state index in [-0.39, 0.29) is 12.3 Å². The number of benzene rings is 4. The number of alkyl halides is 6. The topological polar surface area (TPSA) is 77.2 Å². The van der Waals surface area contributed by atoms with E-state index in [1.165, 1.54) is 24.3 Å². The van der Waals surface area contributed by atoms with Crippen LogP contribution in [0.15, 0.2) is 91.0 Å². The quantitative estimate of drug-likeness (QED) is 0.191. The molecule has 0 radical (unpaired) electrons. The molecule has 12 heteroatoms. The van der Waals surface area contributed by atoms with Gasteiger partial charge in [0.15, 0.2) is 5.69 Å². The summed E-state index contributed by atoms with van der Waals surface area (Å²) in [4.78, 5) is 11.4. The second-order valence-corrected chi connectivity index (χ2v) is 9.51. The monoisotopic (exact) mass is 597 g/mol. The van der Waals surface area contributed by atoms with Crippen molar-refractivity contribution in [1.82, 2.24) is 15.0 Å². The first-order valence-corrected chi connectivity index (χ1v) is 12.7. The average molecular weight is 598 g/mol. The molecule has 43 heavy (non-hydrogen) atoms. The van der Waals surface area contributed by atoms with Gasteiger partial charge in [0.2, 0.25) is 5.69 Å². The van der Waals surface area contributed by atoms with Crippen molar-refractivity contribution in [2.75, 3.05) is 0 Å². The molecule has 1 heterocycles. The molecule has 1 aromatic heterocycles. The van der Waals surface area contributed by atoms with E-state index in [1.54, 1.807) is 61.5 Å². The highest BCUT2D eigenvalue weighted by Crippen LogP contribution is 2.38. The van der Waals surface area contributed by atoms with Gasteiger partial charge in [-0.15, -0.1) is 5.10 Å². The first kappa shape index (κ1) is 29.4. The number of rotatable bonds is 7. The maximum absolute atomic E-state index is 13.8. The molecular weight excluding hydrogens is 576 g/mol. The summed E-state index contributed by atoms with van der Waals surface area (Å²) in [7, 11) is 0. The molecule has 0 amide bonds. The molecule has 4 aromatic carbocycles. The Kier molecular flexibility index (Phi) is 7.70. The zero-order valence-electron chi connectivity index (χ0n) is 22.2. The number of aromatic nitrogens is 3. The molecule has 1 N–H and O–H groups in total. The molecule has 0 bridgehead atoms. The summed E-state index contributed by atoms with van der Waals surface area (Å²) >= 11 is 0. The molecule has 0 aliphatic rings. The Hall–Kier alpha value is -5.13. The number of carboxylic acids is 1. The van der Waals surface area contributed by atoms with Gasteiger partial charge >= 0.3 is 18.3 Å². The van der Waals surface area contributed by atoms with Crippen molar-refractivity contribution in [3.63, 3.8) is 0 Å². The summed E-state index contributed by atoms with van der Waals surface area (Å²) < 4.78 is 86.6. The zero-order chi connectivity index (χ0) is 30.9. The number of carboxylic acid groups (broad SMARTS) is 1. The number of hydrogen-bond donors (Lipinski definition) is 1. The Morgan fingerprint density at radius 2 is 1.40 bits per heavy atom. The van der Waals surface area contributed by atoms with Crippen LogP contribution in [0.2, 0.25) is 0 Å². The lowest BCUT2D eigenvalue weighted by atomic mass is 9.98. The third-order valence-electron chi connectivity index (χ3n) is 6.75. The lowest BCUT2D eigenvalue weighted by Gasteiger charge is -2.17. The maximum Gasteiger partial charge on any atom is 0.436 e. The fraction of sp³-hybridized carbons (Fsp3) is 0.129. The standard InChI is InChI=1S/C31H21F6N3O3/c1-18-23(6-4-7-25(18)40-28(31(35,36)37)27(29(41)42)38-39-40)24-5-2-3-8-26(24)43-17-19-9-11-20(12-10-19)21-13-15-22(16-14-21)30(32,33)34/h2-16H,17H2,1H3,(H,41,42). The molecule has 0 saturated carbocycles. The van der Waals surface area contributed by atoms with Crippen molar-refractivity contribution in [3.05, 3.63) is 119 Å². The van der Waals surface area contributed by atoms with Crippen LogP contribution in [-0.2, 0) is 19.0 Å². The third-order valence-corrected chi connectivity index (χ3v) is 6.75. The van der Waals surface area contributed by atoms with Crippen LogP contribution in [0.1, 0.15) is 32.9 Å². The summed E-state index contributed by atoms with van der Waals surface area (Å²) in [6.07, 6.45) is -9.44. The summed E-state index contributed by atoms with van der Waals surface area (Å²) in [5.74, 6) is -1.41. The minimum Gasteiger partial charge on any atom is -0.488 e. The predicted molar refractivity (Wildman–Crippen MR) is 145 cm³/mol. The Balaban J connectivity index is 1.40. The zero-order valence-corrected chi connectivity index (χ0v) is 22.2. The van der Waals surface area contributed by atoms with Gasteiger partial charge in [-0.2, -0.15) is 26.3 Å². The van der Waals surface area contributed by atoms with Crippen LogP contribution in [0.5, 0.6) is 5.75 Å². The van der Waals surface area contributed by atoms with Crippen molar-refractivity contribution in [1.29, 1.82) is 0 Å². The average Bonchev–Trinajstić information content (AvgIpc) is 3.43. The van der Waals surface area contributed by atoms with Gasteiger partial charge in [0.1, 0.15) is 12.4 Å². The summed E-state index contributed by atoms with van der Waals surface area (Å²) in [6, 6.07) is 23.5. The molecule has 0 aliphatic heterocycles. The highest BCUT2D eigenvalue weighted by atomic mass is 19.4. The van der Waals surface area contributed by atoms with Gasteiger partial charge in [0, 0.05) is 5.56 Å². The Labute approximate surface area is 240 Å². The maximum atomic E-state index is 13.8. The van der Waals surface area contributed by atoms with Gasteiger partial charge in [0.05, 0.1) is 11.3 Å². The van der Waals surface area contributed by atoms with Crippen LogP contribution in [-0.4, -0.2) is 26.1 Å². The van der Waals surface area contributed by atoms with E-state index in [0.717, 1.165) is 23.3 Å². The molecule has 0 spiro atoms. The molecular formula is C31H21F6N3O3. The van der Waals surface area contributed by atoms with Crippen molar-refractivity contribution >= 4 is 5.97 Å². The number of para-hydroxylation sites is 1. The number of halogens is 6. The molecule has 0 fully saturated rings. The summed E-state index contributed by atoms with van der Waals surface area (Å²) in [5, 5.41) is 16.0. The minimum atomic E-state index is -5.03. The predicted octanol–water partition coefficient (Wildman–Crippen LogP) is 8.22. The second kappa shape index (κ2) is 11.3. The van der Waals surface area contributed by atoms with Gasteiger partial charge < -0.3 is 9.84 Å². The van der Waals surface area contributed by atoms with E-state index in [2.05, 4.69) is 10.3 Å². The second-order valence-electron chi connectivity index (χ2n) is 9.51. The first-order chi connectivity index (χ1) is 20.3. The van der Waals surface area contributed by atoms with Crippen LogP contribution in [0, 0.1) is 6.92 Å². The molecule has 5 aromatic rings. The molecule has 6 nitrogen and oxygen atoms in total. The molecule has 0 unspecified atom stereocenters. The molecule has 0 saturated heterocycles. The van der Waals surface area contributed by atoms with Crippen LogP contribution in [0.4, 0.5) is 26.3 Å². The SMILES string of the molecule is Cc1c(-c2ccccc2OCc2ccc(-c3ccc(C(F)(F)F)cc3)cc2)cccc1-n1nnc(C(=O)O)c1C(F)(F)F. The van der Waals surface area contributed by atoms with E-state index in [0.29, 0.717) is 32.7 Å². The van der Waals surface area contributed by atoms with Gasteiger partial charge in [-0.3, -0.25) is 0 Å². The molecule has 0 atom stereocenters. The fourth-order valence-electron chi connectivity index (χ4n) is 4.61. The van der Waals surface area contributed by atoms with Gasteiger partial charge in [-0.05, 0) is 59.0 Å². The van der Waals surface area contributed by atoms with E-state index >= 15 is 0 Å². The van der Waals surface area contributed by atoms with Crippen LogP contribution < -0.4 is 4.74 Å². The third kappa shape index (κ3) is 6.08. The number of aromatic carboxylic acids is 1. The fourth-order valence-corrected chi connectivity index (χ4v) is 4.61. The number of nitrogens with zero attached hydrogens (tertiary/aromatic N) is 3. The number of hydrogen-bond acceptors (Lipinski definition) is 4. The molecule has 220 valence electrons. The van der Waals surface area contributed by atoms with E-state index in [4.69, 9.17) is 4.74 Å². The van der Waals surface area contributed by atoms with Gasteiger partial charge in [-0.25, -0.2) is 9.48 Å². The van der Waals surface area contributed by atoms with Crippen molar-refractivity contribution in [3.8, 4) is 33.7 Å². The lowest BCUT2D eigenvalue weighted by molar-refractivity contribution is -0.143. The highest BCUT2D eigenvalue weighted by Gasteiger charge is 2.42. The minimum absolute atomic E-state index is 0.00140. The Bertz CT molecular complexity index is 1780. The van der Waals surface area contributed by atoms with E-state index < -0.39 is 35.3 Å². The highest BCUT2D eigenvalue weighted by molar-refractivity contribution is 5.87. The van der Waals surface area contributed by atoms with Crippen molar-refractivity contribution in [2.24, 2.45) is 0 Å². The smallest absolute Gasteiger partial charge is 0.436 e. The van der Waals surface area contributed by atoms with E-state index in [9.17, 15) is 36.2 Å². The van der Waals surface area contributed by atoms with Crippen LogP contribution >= 0.6 is 0 Å². The molecule has 5 rings (SSSR count). The number of ether oxygens (including phenoxy) is 1. The molecule has 0 aliphatic carbocycles. The first-order valence-electron chi connectivity index (χ1n) is 12.7. The van der Waals surface area contributed by atoms with Crippen LogP contribution in [0.25, 0.3) is 27.9 Å². The van der Waals surface area contributed by atoms with Crippen molar-refractivity contribution in [2.45, 2.75) is 25.9 Å². The lowest BCUT2D eigenvalue weighted by Crippen LogP contribution is -2.18. The Morgan fingerprint density at radius 1 is 0.791 bits per heavy atom. The summed E-state index contributed by atoms with van der Waals surface area (Å²) in [6.45, 7) is 1.72. The Morgan fingerprint density at radius 3 is 2.00 bits per heavy atom. The largest absolute Gasteiger partial charge is 0.488 e. The number of carbonyl (C=O) groups is 1.